The molecule has 0 amide bonds. The zero-order valence-corrected chi connectivity index (χ0v) is 8.90. The van der Waals surface area contributed by atoms with Crippen LogP contribution in [0.15, 0.2) is 0 Å². The summed E-state index contributed by atoms with van der Waals surface area (Å²) in [6, 6.07) is 0. The quantitative estimate of drug-likeness (QED) is 0.505. The normalized spacial score (nSPS) is 5.69. The first-order valence-electron chi connectivity index (χ1n) is 2.16. The zero-order chi connectivity index (χ0) is 8.57. The molecule has 0 aromatic carbocycles. The van der Waals surface area contributed by atoms with E-state index in [1.54, 1.807) is 0 Å². The standard InChI is InChI=1S/2C2H4O3.2H2O.Zr/c2*3-1-2(4)5;;;/h2*3H,1H2,(H,4,5);2*1H2;/q;;;;+2/p-2. The third-order valence-electron chi connectivity index (χ3n) is 0.258. The van der Waals surface area contributed by atoms with E-state index in [9.17, 15) is 0 Å². The van der Waals surface area contributed by atoms with Crippen LogP contribution in [-0.2, 0) is 35.8 Å². The van der Waals surface area contributed by atoms with Crippen LogP contribution < -0.4 is 10.2 Å². The maximum atomic E-state index is 9.01. The minimum Gasteiger partial charge on any atom is -0.548 e. The first-order valence-corrected chi connectivity index (χ1v) is 2.16. The molecule has 6 N–H and O–H groups in total. The van der Waals surface area contributed by atoms with Gasteiger partial charge >= 0.3 is 26.2 Å². The Hall–Kier alpha value is -0.337. The largest absolute Gasteiger partial charge is 2.00 e. The minimum absolute atomic E-state index is 0. The van der Waals surface area contributed by atoms with Crippen molar-refractivity contribution in [3.05, 3.63) is 0 Å². The Kier molecular flexibility index (Phi) is 51.0. The Bertz CT molecular complexity index is 101. The average molecular weight is 277 g/mol. The molecular formula is C4H10O8Zr. The molecule has 0 atom stereocenters. The first kappa shape index (κ1) is 29.3. The van der Waals surface area contributed by atoms with Crippen molar-refractivity contribution in [2.24, 2.45) is 0 Å². The Morgan fingerprint density at radius 3 is 1.00 bits per heavy atom. The molecule has 0 aromatic rings. The smallest absolute Gasteiger partial charge is 0.548 e. The second-order valence-corrected chi connectivity index (χ2v) is 1.06. The summed E-state index contributed by atoms with van der Waals surface area (Å²) in [5.41, 5.74) is 0. The Morgan fingerprint density at radius 2 is 1.00 bits per heavy atom. The molecule has 9 heteroatoms. The van der Waals surface area contributed by atoms with Gasteiger partial charge in [-0.15, -0.1) is 0 Å². The fourth-order valence-electron chi connectivity index (χ4n) is 0. The predicted octanol–water partition coefficient (Wildman–Crippen LogP) is -6.19. The summed E-state index contributed by atoms with van der Waals surface area (Å²) in [4.78, 5) is 18.0. The summed E-state index contributed by atoms with van der Waals surface area (Å²) in [5.74, 6) is -2.88. The van der Waals surface area contributed by atoms with Gasteiger partial charge in [-0.3, -0.25) is 0 Å². The van der Waals surface area contributed by atoms with Crippen molar-refractivity contribution < 1.29 is 67.2 Å². The van der Waals surface area contributed by atoms with E-state index in [1.165, 1.54) is 0 Å². The van der Waals surface area contributed by atoms with Crippen LogP contribution in [0.3, 0.4) is 0 Å². The van der Waals surface area contributed by atoms with Crippen molar-refractivity contribution in [2.75, 3.05) is 13.2 Å². The van der Waals surface area contributed by atoms with E-state index >= 15 is 0 Å². The van der Waals surface area contributed by atoms with Crippen LogP contribution in [-0.4, -0.2) is 46.3 Å². The number of aliphatic carboxylic acids is 2. The molecule has 13 heavy (non-hydrogen) atoms. The van der Waals surface area contributed by atoms with Gasteiger partial charge in [0, 0.05) is 0 Å². The third-order valence-corrected chi connectivity index (χ3v) is 0.258. The Labute approximate surface area is 92.5 Å². The Balaban J connectivity index is -0.0000000267. The van der Waals surface area contributed by atoms with E-state index in [0.717, 1.165) is 0 Å². The predicted molar refractivity (Wildman–Crippen MR) is 31.4 cm³/mol. The van der Waals surface area contributed by atoms with Gasteiger partial charge in [-0.1, -0.05) is 0 Å². The molecule has 0 aliphatic carbocycles. The molecule has 0 aliphatic rings. The number of carbonyl (C=O) groups excluding carboxylic acids is 2. The van der Waals surface area contributed by atoms with Crippen LogP contribution in [0.1, 0.15) is 0 Å². The summed E-state index contributed by atoms with van der Waals surface area (Å²) < 4.78 is 0. The molecule has 0 saturated heterocycles. The number of aliphatic hydroxyl groups excluding tert-OH is 2. The topological polar surface area (TPSA) is 184 Å². The van der Waals surface area contributed by atoms with Gasteiger partial charge in [-0.2, -0.15) is 0 Å². The number of hydrogen-bond donors (Lipinski definition) is 2. The van der Waals surface area contributed by atoms with Gasteiger partial charge in [0.25, 0.3) is 0 Å². The van der Waals surface area contributed by atoms with Crippen molar-refractivity contribution in [3.8, 4) is 0 Å². The maximum absolute atomic E-state index is 9.01. The summed E-state index contributed by atoms with van der Waals surface area (Å²) in [5, 5.41) is 33.0. The van der Waals surface area contributed by atoms with Gasteiger partial charge in [0.2, 0.25) is 0 Å². The van der Waals surface area contributed by atoms with E-state index in [4.69, 9.17) is 30.0 Å². The second kappa shape index (κ2) is 22.6. The van der Waals surface area contributed by atoms with Gasteiger partial charge in [0.1, 0.15) is 0 Å². The monoisotopic (exact) mass is 276 g/mol. The molecule has 8 nitrogen and oxygen atoms in total. The molecule has 0 heterocycles. The van der Waals surface area contributed by atoms with Crippen LogP contribution in [0, 0.1) is 0 Å². The van der Waals surface area contributed by atoms with E-state index in [0.29, 0.717) is 0 Å². The molecule has 0 aromatic heterocycles. The van der Waals surface area contributed by atoms with Crippen LogP contribution in [0.25, 0.3) is 0 Å². The van der Waals surface area contributed by atoms with E-state index in [2.05, 4.69) is 0 Å². The van der Waals surface area contributed by atoms with E-state index in [-0.39, 0.29) is 37.2 Å². The number of carboxylic acid groups (broad SMARTS) is 2. The number of rotatable bonds is 2. The molecular weight excluding hydrogens is 267 g/mol. The fourth-order valence-corrected chi connectivity index (χ4v) is 0. The molecule has 78 valence electrons. The Morgan fingerprint density at radius 1 is 0.923 bits per heavy atom. The molecule has 0 spiro atoms. The summed E-state index contributed by atoms with van der Waals surface area (Å²) >= 11 is 0. The average Bonchev–Trinajstić information content (AvgIpc) is 1.89. The molecule has 0 unspecified atom stereocenters. The summed E-state index contributed by atoms with van der Waals surface area (Å²) in [6.07, 6.45) is 0. The van der Waals surface area contributed by atoms with Crippen molar-refractivity contribution in [1.82, 2.24) is 0 Å². The van der Waals surface area contributed by atoms with Gasteiger partial charge < -0.3 is 41.0 Å². The number of aliphatic hydroxyl groups is 2. The maximum Gasteiger partial charge on any atom is 2.00 e. The minimum atomic E-state index is -1.44. The molecule has 0 radical (unpaired) electrons. The number of hydrogen-bond acceptors (Lipinski definition) is 6. The van der Waals surface area contributed by atoms with Crippen LogP contribution in [0.5, 0.6) is 0 Å². The molecule has 0 aliphatic heterocycles. The van der Waals surface area contributed by atoms with Crippen molar-refractivity contribution in [2.45, 2.75) is 0 Å². The van der Waals surface area contributed by atoms with Crippen LogP contribution in [0.4, 0.5) is 0 Å². The number of carboxylic acids is 2. The first-order chi connectivity index (χ1) is 4.54. The molecule has 0 rings (SSSR count). The SMILES string of the molecule is O.O.O=C([O-])CO.O=C([O-])CO.[Zr+2]. The molecule has 0 bridgehead atoms. The number of carbonyl (C=O) groups is 2. The van der Waals surface area contributed by atoms with Crippen molar-refractivity contribution >= 4 is 11.9 Å². The molecule has 0 saturated carbocycles. The van der Waals surface area contributed by atoms with Crippen LogP contribution >= 0.6 is 0 Å². The van der Waals surface area contributed by atoms with Crippen LogP contribution in [0.2, 0.25) is 0 Å². The van der Waals surface area contributed by atoms with Gasteiger partial charge in [0.15, 0.2) is 0 Å². The fraction of sp³-hybridized carbons (Fsp3) is 0.500. The third kappa shape index (κ3) is 81.2. The van der Waals surface area contributed by atoms with E-state index in [1.807, 2.05) is 0 Å². The zero-order valence-electron chi connectivity index (χ0n) is 6.44. The van der Waals surface area contributed by atoms with Gasteiger partial charge in [-0.05, 0) is 0 Å². The molecule has 0 fully saturated rings. The van der Waals surface area contributed by atoms with Gasteiger partial charge in [0.05, 0.1) is 25.2 Å². The summed E-state index contributed by atoms with van der Waals surface area (Å²) in [6.45, 7) is -1.78. The second-order valence-electron chi connectivity index (χ2n) is 1.06. The van der Waals surface area contributed by atoms with Gasteiger partial charge in [-0.25, -0.2) is 0 Å². The van der Waals surface area contributed by atoms with E-state index < -0.39 is 25.2 Å². The van der Waals surface area contributed by atoms with Crippen molar-refractivity contribution in [1.29, 1.82) is 0 Å². The van der Waals surface area contributed by atoms with Crippen molar-refractivity contribution in [3.63, 3.8) is 0 Å². The summed E-state index contributed by atoms with van der Waals surface area (Å²) in [7, 11) is 0.